The van der Waals surface area contributed by atoms with Gasteiger partial charge in [-0.05, 0) is 24.6 Å². The fourth-order valence-electron chi connectivity index (χ4n) is 1.77. The number of nitrogens with zero attached hydrogens (tertiary/aromatic N) is 1. The van der Waals surface area contributed by atoms with Crippen molar-refractivity contribution in [3.8, 4) is 0 Å². The molecule has 0 fully saturated rings. The molecule has 0 radical (unpaired) electrons. The van der Waals surface area contributed by atoms with Crippen molar-refractivity contribution in [3.05, 3.63) is 35.9 Å². The van der Waals surface area contributed by atoms with Crippen LogP contribution in [-0.4, -0.2) is 27.4 Å². The van der Waals surface area contributed by atoms with Gasteiger partial charge in [0.05, 0.1) is 0 Å². The number of thioether (sulfide) groups is 1. The van der Waals surface area contributed by atoms with Crippen LogP contribution in [0.25, 0.3) is 0 Å². The van der Waals surface area contributed by atoms with E-state index < -0.39 is 0 Å². The molecular formula is C16H23NOS2. The van der Waals surface area contributed by atoms with Gasteiger partial charge in [0.2, 0.25) is 5.12 Å². The van der Waals surface area contributed by atoms with E-state index in [0.717, 1.165) is 38.8 Å². The third kappa shape index (κ3) is 6.06. The molecule has 2 nitrogen and oxygen atoms in total. The summed E-state index contributed by atoms with van der Waals surface area (Å²) in [7, 11) is 0. The molecule has 0 aliphatic rings. The standard InChI is InChI=1S/C16H23NOS2/c1-3-5-12-17(13-6-4-2)16(19)20-15(18)14-10-8-7-9-11-14/h7-11H,3-6,12-13H2,1-2H3. The van der Waals surface area contributed by atoms with E-state index in [1.807, 2.05) is 30.3 Å². The van der Waals surface area contributed by atoms with Gasteiger partial charge in [-0.1, -0.05) is 69.2 Å². The molecule has 0 bridgehead atoms. The Kier molecular flexibility index (Phi) is 8.54. The minimum absolute atomic E-state index is 0.0357. The van der Waals surface area contributed by atoms with Gasteiger partial charge >= 0.3 is 0 Å². The molecule has 0 heterocycles. The van der Waals surface area contributed by atoms with Crippen LogP contribution in [0.2, 0.25) is 0 Å². The number of benzene rings is 1. The van der Waals surface area contributed by atoms with Crippen LogP contribution in [0.1, 0.15) is 49.9 Å². The van der Waals surface area contributed by atoms with Crippen LogP contribution < -0.4 is 0 Å². The molecule has 0 N–H and O–H groups in total. The SMILES string of the molecule is CCCCN(CCCC)C(=S)SC(=O)c1ccccc1. The highest BCUT2D eigenvalue weighted by molar-refractivity contribution is 8.33. The summed E-state index contributed by atoms with van der Waals surface area (Å²) in [5, 5.41) is 0.0357. The molecule has 0 atom stereocenters. The van der Waals surface area contributed by atoms with E-state index in [2.05, 4.69) is 18.7 Å². The zero-order valence-corrected chi connectivity index (χ0v) is 13.9. The summed E-state index contributed by atoms with van der Waals surface area (Å²) in [6, 6.07) is 9.33. The maximum absolute atomic E-state index is 12.2. The summed E-state index contributed by atoms with van der Waals surface area (Å²) in [6.07, 6.45) is 4.51. The van der Waals surface area contributed by atoms with E-state index in [0.29, 0.717) is 9.88 Å². The van der Waals surface area contributed by atoms with E-state index >= 15 is 0 Å². The van der Waals surface area contributed by atoms with Crippen molar-refractivity contribution in [2.75, 3.05) is 13.1 Å². The fraction of sp³-hybridized carbons (Fsp3) is 0.500. The maximum Gasteiger partial charge on any atom is 0.226 e. The average molecular weight is 310 g/mol. The molecule has 0 amide bonds. The van der Waals surface area contributed by atoms with Gasteiger partial charge in [0, 0.05) is 18.7 Å². The van der Waals surface area contributed by atoms with Gasteiger partial charge < -0.3 is 4.90 Å². The molecule has 0 aliphatic carbocycles. The second kappa shape index (κ2) is 9.94. The predicted octanol–water partition coefficient (Wildman–Crippen LogP) is 4.75. The Hall–Kier alpha value is -0.870. The normalized spacial score (nSPS) is 10.3. The van der Waals surface area contributed by atoms with Crippen molar-refractivity contribution in [1.82, 2.24) is 4.90 Å². The molecule has 1 aromatic carbocycles. The molecule has 4 heteroatoms. The second-order valence-electron chi connectivity index (χ2n) is 4.72. The molecule has 0 aromatic heterocycles. The lowest BCUT2D eigenvalue weighted by molar-refractivity contribution is 0.109. The smallest absolute Gasteiger partial charge is 0.226 e. The quantitative estimate of drug-likeness (QED) is 0.677. The molecule has 0 saturated carbocycles. The number of unbranched alkanes of at least 4 members (excludes halogenated alkanes) is 2. The van der Waals surface area contributed by atoms with E-state index in [-0.39, 0.29) is 5.12 Å². The first-order valence-corrected chi connectivity index (χ1v) is 8.47. The molecule has 110 valence electrons. The molecule has 0 saturated heterocycles. The molecule has 20 heavy (non-hydrogen) atoms. The molecule has 0 unspecified atom stereocenters. The Balaban J connectivity index is 2.58. The van der Waals surface area contributed by atoms with Crippen LogP contribution in [0.3, 0.4) is 0 Å². The Morgan fingerprint density at radius 1 is 1.10 bits per heavy atom. The lowest BCUT2D eigenvalue weighted by Gasteiger charge is -2.24. The lowest BCUT2D eigenvalue weighted by Crippen LogP contribution is -2.30. The number of carbonyl (C=O) groups excluding carboxylic acids is 1. The van der Waals surface area contributed by atoms with Crippen molar-refractivity contribution < 1.29 is 4.79 Å². The van der Waals surface area contributed by atoms with Crippen LogP contribution in [0.5, 0.6) is 0 Å². The summed E-state index contributed by atoms with van der Waals surface area (Å²) in [5.41, 5.74) is 0.714. The van der Waals surface area contributed by atoms with Crippen LogP contribution in [0.15, 0.2) is 30.3 Å². The number of rotatable bonds is 7. The molecule has 1 rings (SSSR count). The number of thiocarbonyl (C=S) groups is 1. The molecule has 0 aliphatic heterocycles. The van der Waals surface area contributed by atoms with E-state index in [1.54, 1.807) is 0 Å². The third-order valence-corrected chi connectivity index (χ3v) is 4.37. The van der Waals surface area contributed by atoms with Crippen molar-refractivity contribution >= 4 is 33.4 Å². The topological polar surface area (TPSA) is 20.3 Å². The van der Waals surface area contributed by atoms with Gasteiger partial charge in [0.15, 0.2) is 0 Å². The summed E-state index contributed by atoms with van der Waals surface area (Å²) in [5.74, 6) is 0. The fourth-order valence-corrected chi connectivity index (χ4v) is 2.90. The monoisotopic (exact) mass is 309 g/mol. The number of hydrogen-bond acceptors (Lipinski definition) is 3. The first-order valence-electron chi connectivity index (χ1n) is 7.25. The van der Waals surface area contributed by atoms with E-state index in [1.165, 1.54) is 11.8 Å². The summed E-state index contributed by atoms with van der Waals surface area (Å²) < 4.78 is 0.709. The van der Waals surface area contributed by atoms with Gasteiger partial charge in [0.25, 0.3) is 0 Å². The predicted molar refractivity (Wildman–Crippen MR) is 92.4 cm³/mol. The first kappa shape index (κ1) is 17.2. The summed E-state index contributed by atoms with van der Waals surface area (Å²) in [4.78, 5) is 14.3. The van der Waals surface area contributed by atoms with Crippen molar-refractivity contribution in [2.45, 2.75) is 39.5 Å². The molecule has 0 spiro atoms. The van der Waals surface area contributed by atoms with Crippen molar-refractivity contribution in [2.24, 2.45) is 0 Å². The Morgan fingerprint density at radius 3 is 2.15 bits per heavy atom. The second-order valence-corrected chi connectivity index (χ2v) is 6.32. The van der Waals surface area contributed by atoms with Gasteiger partial charge in [-0.2, -0.15) is 0 Å². The van der Waals surface area contributed by atoms with E-state index in [9.17, 15) is 4.79 Å². The van der Waals surface area contributed by atoms with Gasteiger partial charge in [0.1, 0.15) is 4.32 Å². The largest absolute Gasteiger partial charge is 0.357 e. The highest BCUT2D eigenvalue weighted by Gasteiger charge is 2.15. The van der Waals surface area contributed by atoms with E-state index in [4.69, 9.17) is 12.2 Å². The first-order chi connectivity index (χ1) is 9.69. The third-order valence-electron chi connectivity index (χ3n) is 3.01. The highest BCUT2D eigenvalue weighted by atomic mass is 32.2. The summed E-state index contributed by atoms with van der Waals surface area (Å²) in [6.45, 7) is 6.24. The van der Waals surface area contributed by atoms with Crippen LogP contribution in [0, 0.1) is 0 Å². The van der Waals surface area contributed by atoms with Crippen molar-refractivity contribution in [1.29, 1.82) is 0 Å². The van der Waals surface area contributed by atoms with Gasteiger partial charge in [-0.3, -0.25) is 4.79 Å². The average Bonchev–Trinajstić information content (AvgIpc) is 2.48. The van der Waals surface area contributed by atoms with Gasteiger partial charge in [-0.25, -0.2) is 0 Å². The lowest BCUT2D eigenvalue weighted by atomic mass is 10.2. The summed E-state index contributed by atoms with van der Waals surface area (Å²) >= 11 is 6.63. The van der Waals surface area contributed by atoms with Crippen molar-refractivity contribution in [3.63, 3.8) is 0 Å². The van der Waals surface area contributed by atoms with Crippen LogP contribution in [-0.2, 0) is 0 Å². The number of carbonyl (C=O) groups is 1. The van der Waals surface area contributed by atoms with Crippen LogP contribution in [0.4, 0.5) is 0 Å². The maximum atomic E-state index is 12.2. The minimum Gasteiger partial charge on any atom is -0.357 e. The Bertz CT molecular complexity index is 412. The van der Waals surface area contributed by atoms with Crippen LogP contribution >= 0.6 is 24.0 Å². The molecule has 1 aromatic rings. The zero-order chi connectivity index (χ0) is 14.8. The zero-order valence-electron chi connectivity index (χ0n) is 12.3. The highest BCUT2D eigenvalue weighted by Crippen LogP contribution is 2.17. The minimum atomic E-state index is 0.0357. The Labute approximate surface area is 131 Å². The molecular weight excluding hydrogens is 286 g/mol. The Morgan fingerprint density at radius 2 is 1.65 bits per heavy atom. The van der Waals surface area contributed by atoms with Gasteiger partial charge in [-0.15, -0.1) is 0 Å². The number of hydrogen-bond donors (Lipinski definition) is 0.